The number of benzene rings is 1. The van der Waals surface area contributed by atoms with Gasteiger partial charge in [-0.3, -0.25) is 4.79 Å². The molecule has 1 amide bonds. The zero-order valence-electron chi connectivity index (χ0n) is 15.8. The van der Waals surface area contributed by atoms with Crippen molar-refractivity contribution < 1.29 is 9.53 Å². The summed E-state index contributed by atoms with van der Waals surface area (Å²) in [5.41, 5.74) is 2.78. The highest BCUT2D eigenvalue weighted by Gasteiger charge is 2.27. The number of fused-ring (bicyclic) bond motifs is 1. The standard InChI is InChI=1S/C22H24N4O2/c27-22(18-4-2-1-3-5-18)25-12-10-16(11-13-25)15-28-21-9-8-20-23-19(17-6-7-17)14-26(20)24-21/h1-5,8-9,14,16-17H,6-7,10-13,15H2. The topological polar surface area (TPSA) is 59.7 Å². The molecule has 0 bridgehead atoms. The van der Waals surface area contributed by atoms with Crippen LogP contribution >= 0.6 is 0 Å². The summed E-state index contributed by atoms with van der Waals surface area (Å²) in [6.45, 7) is 2.19. The summed E-state index contributed by atoms with van der Waals surface area (Å²) in [4.78, 5) is 19.1. The summed E-state index contributed by atoms with van der Waals surface area (Å²) < 4.78 is 7.78. The zero-order valence-corrected chi connectivity index (χ0v) is 15.8. The van der Waals surface area contributed by atoms with E-state index in [0.29, 0.717) is 24.3 Å². The third kappa shape index (κ3) is 3.59. The molecule has 28 heavy (non-hydrogen) atoms. The zero-order chi connectivity index (χ0) is 18.9. The number of nitrogens with zero attached hydrogens (tertiary/aromatic N) is 4. The van der Waals surface area contributed by atoms with Crippen molar-refractivity contribution in [1.82, 2.24) is 19.5 Å². The van der Waals surface area contributed by atoms with Gasteiger partial charge < -0.3 is 9.64 Å². The lowest BCUT2D eigenvalue weighted by Crippen LogP contribution is -2.39. The van der Waals surface area contributed by atoms with Crippen molar-refractivity contribution in [2.24, 2.45) is 5.92 Å². The summed E-state index contributed by atoms with van der Waals surface area (Å²) in [5.74, 6) is 1.82. The second kappa shape index (κ2) is 7.26. The summed E-state index contributed by atoms with van der Waals surface area (Å²) in [6.07, 6.45) is 6.40. The van der Waals surface area contributed by atoms with E-state index in [0.717, 1.165) is 42.8 Å². The minimum atomic E-state index is 0.124. The molecule has 1 saturated carbocycles. The van der Waals surface area contributed by atoms with Gasteiger partial charge in [-0.25, -0.2) is 9.50 Å². The fourth-order valence-electron chi connectivity index (χ4n) is 3.80. The van der Waals surface area contributed by atoms with E-state index in [9.17, 15) is 4.79 Å². The number of imidazole rings is 1. The van der Waals surface area contributed by atoms with Crippen LogP contribution in [0.4, 0.5) is 0 Å². The first-order valence-electron chi connectivity index (χ1n) is 10.1. The van der Waals surface area contributed by atoms with Crippen LogP contribution in [-0.4, -0.2) is 45.1 Å². The maximum absolute atomic E-state index is 12.5. The highest BCUT2D eigenvalue weighted by atomic mass is 16.5. The number of carbonyl (C=O) groups is 1. The van der Waals surface area contributed by atoms with Crippen molar-refractivity contribution in [2.75, 3.05) is 19.7 Å². The van der Waals surface area contributed by atoms with E-state index in [1.807, 2.05) is 58.1 Å². The Morgan fingerprint density at radius 3 is 2.57 bits per heavy atom. The Bertz CT molecular complexity index is 973. The van der Waals surface area contributed by atoms with Crippen LogP contribution < -0.4 is 4.74 Å². The molecule has 3 aromatic rings. The molecule has 6 nitrogen and oxygen atoms in total. The van der Waals surface area contributed by atoms with E-state index in [1.165, 1.54) is 12.8 Å². The number of ether oxygens (including phenoxy) is 1. The molecule has 3 heterocycles. The molecule has 2 aromatic heterocycles. The molecule has 2 aliphatic rings. The highest BCUT2D eigenvalue weighted by molar-refractivity contribution is 5.94. The fourth-order valence-corrected chi connectivity index (χ4v) is 3.80. The predicted octanol–water partition coefficient (Wildman–Crippen LogP) is 3.54. The predicted molar refractivity (Wildman–Crippen MR) is 106 cm³/mol. The van der Waals surface area contributed by atoms with Gasteiger partial charge in [-0.05, 0) is 49.8 Å². The summed E-state index contributed by atoms with van der Waals surface area (Å²) in [5, 5.41) is 4.54. The van der Waals surface area contributed by atoms with Crippen LogP contribution in [0.15, 0.2) is 48.7 Å². The molecule has 2 fully saturated rings. The number of carbonyl (C=O) groups excluding carboxylic acids is 1. The lowest BCUT2D eigenvalue weighted by atomic mass is 9.97. The molecule has 1 aromatic carbocycles. The number of aromatic nitrogens is 3. The molecule has 0 unspecified atom stereocenters. The third-order valence-corrected chi connectivity index (χ3v) is 5.70. The quantitative estimate of drug-likeness (QED) is 0.683. The highest BCUT2D eigenvalue weighted by Crippen LogP contribution is 2.39. The SMILES string of the molecule is O=C(c1ccccc1)N1CCC(COc2ccc3nc(C4CC4)cn3n2)CC1. The molecule has 144 valence electrons. The van der Waals surface area contributed by atoms with Gasteiger partial charge in [-0.15, -0.1) is 5.10 Å². The van der Waals surface area contributed by atoms with E-state index >= 15 is 0 Å². The molecule has 0 N–H and O–H groups in total. The molecule has 1 saturated heterocycles. The van der Waals surface area contributed by atoms with Gasteiger partial charge in [0.2, 0.25) is 5.88 Å². The minimum absolute atomic E-state index is 0.124. The largest absolute Gasteiger partial charge is 0.476 e. The van der Waals surface area contributed by atoms with Gasteiger partial charge in [-0.2, -0.15) is 0 Å². The molecule has 0 spiro atoms. The number of hydrogen-bond acceptors (Lipinski definition) is 4. The second-order valence-corrected chi connectivity index (χ2v) is 7.83. The van der Waals surface area contributed by atoms with E-state index in [4.69, 9.17) is 4.74 Å². The number of likely N-dealkylation sites (tertiary alicyclic amines) is 1. The van der Waals surface area contributed by atoms with Crippen LogP contribution in [0.2, 0.25) is 0 Å². The van der Waals surface area contributed by atoms with Crippen molar-refractivity contribution in [1.29, 1.82) is 0 Å². The molecule has 0 atom stereocenters. The van der Waals surface area contributed by atoms with Gasteiger partial charge in [0.15, 0.2) is 5.65 Å². The molecular weight excluding hydrogens is 352 g/mol. The van der Waals surface area contributed by atoms with Gasteiger partial charge >= 0.3 is 0 Å². The monoisotopic (exact) mass is 376 g/mol. The van der Waals surface area contributed by atoms with Crippen LogP contribution in [0, 0.1) is 5.92 Å². The lowest BCUT2D eigenvalue weighted by molar-refractivity contribution is 0.0659. The smallest absolute Gasteiger partial charge is 0.253 e. The van der Waals surface area contributed by atoms with Crippen LogP contribution in [0.3, 0.4) is 0 Å². The molecule has 1 aliphatic heterocycles. The van der Waals surface area contributed by atoms with Gasteiger partial charge in [0.1, 0.15) is 0 Å². The normalized spacial score (nSPS) is 17.8. The maximum atomic E-state index is 12.5. The van der Waals surface area contributed by atoms with Crippen molar-refractivity contribution in [3.63, 3.8) is 0 Å². The van der Waals surface area contributed by atoms with Crippen LogP contribution in [0.5, 0.6) is 5.88 Å². The minimum Gasteiger partial charge on any atom is -0.476 e. The first kappa shape index (κ1) is 17.2. The maximum Gasteiger partial charge on any atom is 0.253 e. The molecule has 0 radical (unpaired) electrons. The molecular formula is C22H24N4O2. The first-order chi connectivity index (χ1) is 13.8. The number of hydrogen-bond donors (Lipinski definition) is 0. The second-order valence-electron chi connectivity index (χ2n) is 7.83. The van der Waals surface area contributed by atoms with Crippen LogP contribution in [-0.2, 0) is 0 Å². The molecule has 5 rings (SSSR count). The van der Waals surface area contributed by atoms with Gasteiger partial charge in [0.25, 0.3) is 5.91 Å². The molecule has 1 aliphatic carbocycles. The molecule has 6 heteroatoms. The lowest BCUT2D eigenvalue weighted by Gasteiger charge is -2.31. The van der Waals surface area contributed by atoms with Gasteiger partial charge in [0.05, 0.1) is 18.5 Å². The average molecular weight is 376 g/mol. The Morgan fingerprint density at radius 2 is 1.82 bits per heavy atom. The van der Waals surface area contributed by atoms with Crippen molar-refractivity contribution in [3.05, 3.63) is 59.9 Å². The third-order valence-electron chi connectivity index (χ3n) is 5.70. The Hall–Kier alpha value is -2.89. The van der Waals surface area contributed by atoms with E-state index in [-0.39, 0.29) is 5.91 Å². The fraction of sp³-hybridized carbons (Fsp3) is 0.409. The number of piperidine rings is 1. The Labute approximate surface area is 164 Å². The number of amides is 1. The van der Waals surface area contributed by atoms with Crippen LogP contribution in [0.25, 0.3) is 5.65 Å². The first-order valence-corrected chi connectivity index (χ1v) is 10.1. The Kier molecular flexibility index (Phi) is 4.47. The Morgan fingerprint density at radius 1 is 1.04 bits per heavy atom. The Balaban J connectivity index is 1.15. The van der Waals surface area contributed by atoms with E-state index < -0.39 is 0 Å². The van der Waals surface area contributed by atoms with E-state index in [1.54, 1.807) is 0 Å². The van der Waals surface area contributed by atoms with Gasteiger partial charge in [-0.1, -0.05) is 18.2 Å². The van der Waals surface area contributed by atoms with E-state index in [2.05, 4.69) is 10.1 Å². The average Bonchev–Trinajstić information content (AvgIpc) is 3.52. The van der Waals surface area contributed by atoms with Gasteiger partial charge in [0, 0.05) is 30.6 Å². The van der Waals surface area contributed by atoms with Crippen molar-refractivity contribution in [3.8, 4) is 5.88 Å². The van der Waals surface area contributed by atoms with Crippen LogP contribution in [0.1, 0.15) is 47.7 Å². The summed E-state index contributed by atoms with van der Waals surface area (Å²) >= 11 is 0. The summed E-state index contributed by atoms with van der Waals surface area (Å²) in [7, 11) is 0. The number of rotatable bonds is 5. The van der Waals surface area contributed by atoms with Crippen molar-refractivity contribution in [2.45, 2.75) is 31.6 Å². The summed E-state index contributed by atoms with van der Waals surface area (Å²) in [6, 6.07) is 13.4. The van der Waals surface area contributed by atoms with Crippen molar-refractivity contribution >= 4 is 11.6 Å².